The number of benzene rings is 1. The number of carbonyl (C=O) groups is 1. The van der Waals surface area contributed by atoms with Crippen molar-refractivity contribution < 1.29 is 89.0 Å². The highest BCUT2D eigenvalue weighted by molar-refractivity contribution is 5.87. The summed E-state index contributed by atoms with van der Waals surface area (Å²) in [4.78, 5) is 12.9. The van der Waals surface area contributed by atoms with Gasteiger partial charge in [0.05, 0.1) is 32.0 Å². The van der Waals surface area contributed by atoms with E-state index >= 15 is 0 Å². The van der Waals surface area contributed by atoms with Gasteiger partial charge in [-0.25, -0.2) is 4.79 Å². The van der Waals surface area contributed by atoms with Crippen molar-refractivity contribution in [1.82, 2.24) is 0 Å². The Bertz CT molecular complexity index is 1370. The second-order valence-corrected chi connectivity index (χ2v) is 12.2. The van der Waals surface area contributed by atoms with Gasteiger partial charge in [-0.3, -0.25) is 0 Å². The smallest absolute Gasteiger partial charge is 0.331 e. The molecule has 0 amide bonds. The highest BCUT2D eigenvalue weighted by Gasteiger charge is 2.77. The van der Waals surface area contributed by atoms with Crippen LogP contribution in [-0.4, -0.2) is 162 Å². The molecule has 0 spiro atoms. The molecule has 5 aliphatic rings. The number of rotatable bonds is 10. The lowest BCUT2D eigenvalue weighted by Gasteiger charge is -2.43. The second kappa shape index (κ2) is 13.8. The molecule has 10 N–H and O–H groups in total. The number of phenolic OH excluding ortho intramolecular Hbond substituents is 1. The van der Waals surface area contributed by atoms with Crippen LogP contribution in [0.1, 0.15) is 5.56 Å². The maximum Gasteiger partial charge on any atom is 0.331 e. The molecule has 0 bridgehead atoms. The number of aliphatic hydroxyl groups excluding tert-OH is 9. The van der Waals surface area contributed by atoms with E-state index in [1.54, 1.807) is 6.08 Å². The van der Waals surface area contributed by atoms with Crippen LogP contribution < -0.4 is 4.74 Å². The number of hydrogen-bond donors (Lipinski definition) is 10. The molecule has 48 heavy (non-hydrogen) atoms. The van der Waals surface area contributed by atoms with Gasteiger partial charge < -0.3 is 84.2 Å². The standard InChI is InChI=1S/C30H38O18/c31-8-15-19(36)21(38)23(40)28(44-15)43-14-3-1-11(7-13(14)34)2-4-17(35)46-25-12-5-6-42-27(18(12)30(10-33)26(25)48-30)47-29-24(41)22(39)20(37)16(9-32)45-29/h1-7,12,15-16,18-29,31-34,36-41H,8-10H2/t12-,15-,16-,18-,19-,20-,21+,22+,23-,24-,25+,26+,27+,28-,29+,30-/m1/s1. The summed E-state index contributed by atoms with van der Waals surface area (Å²) in [6.45, 7) is -1.82. The highest BCUT2D eigenvalue weighted by Crippen LogP contribution is 2.60. The average Bonchev–Trinajstić information content (AvgIpc) is 3.76. The van der Waals surface area contributed by atoms with Crippen LogP contribution in [0.25, 0.3) is 6.08 Å². The number of ether oxygens (including phenoxy) is 7. The summed E-state index contributed by atoms with van der Waals surface area (Å²) in [6.07, 6.45) is -12.9. The van der Waals surface area contributed by atoms with Gasteiger partial charge in [0.25, 0.3) is 0 Å². The van der Waals surface area contributed by atoms with Gasteiger partial charge in [0, 0.05) is 12.0 Å². The molecule has 1 aromatic rings. The molecule has 0 unspecified atom stereocenters. The third kappa shape index (κ3) is 6.17. The lowest BCUT2D eigenvalue weighted by Crippen LogP contribution is -2.60. The summed E-state index contributed by atoms with van der Waals surface area (Å²) in [7, 11) is 0. The molecule has 4 aliphatic heterocycles. The Morgan fingerprint density at radius 1 is 0.854 bits per heavy atom. The predicted octanol–water partition coefficient (Wildman–Crippen LogP) is -4.44. The molecule has 4 fully saturated rings. The summed E-state index contributed by atoms with van der Waals surface area (Å²) in [5.41, 5.74) is -0.896. The number of aromatic hydroxyl groups is 1. The van der Waals surface area contributed by atoms with E-state index in [4.69, 9.17) is 33.2 Å². The van der Waals surface area contributed by atoms with E-state index in [9.17, 15) is 55.9 Å². The first-order valence-electron chi connectivity index (χ1n) is 15.2. The first kappa shape index (κ1) is 34.9. The van der Waals surface area contributed by atoms with Crippen molar-refractivity contribution in [2.75, 3.05) is 19.8 Å². The zero-order valence-electron chi connectivity index (χ0n) is 25.1. The maximum absolute atomic E-state index is 12.9. The summed E-state index contributed by atoms with van der Waals surface area (Å²) in [5, 5.41) is 100. The van der Waals surface area contributed by atoms with Gasteiger partial charge in [0.1, 0.15) is 66.6 Å². The van der Waals surface area contributed by atoms with Crippen LogP contribution in [0.4, 0.5) is 0 Å². The van der Waals surface area contributed by atoms with Crippen LogP contribution in [0, 0.1) is 11.8 Å². The van der Waals surface area contributed by atoms with Crippen LogP contribution in [0.15, 0.2) is 36.6 Å². The summed E-state index contributed by atoms with van der Waals surface area (Å²) < 4.78 is 39.1. The Kier molecular flexibility index (Phi) is 10.00. The van der Waals surface area contributed by atoms with Crippen LogP contribution >= 0.6 is 0 Å². The van der Waals surface area contributed by atoms with Crippen LogP contribution in [0.2, 0.25) is 0 Å². The highest BCUT2D eigenvalue weighted by atomic mass is 16.8. The number of esters is 1. The van der Waals surface area contributed by atoms with Gasteiger partial charge in [-0.2, -0.15) is 0 Å². The molecule has 18 heteroatoms. The third-order valence-electron chi connectivity index (χ3n) is 9.34. The van der Waals surface area contributed by atoms with Crippen molar-refractivity contribution in [2.24, 2.45) is 11.8 Å². The Morgan fingerprint density at radius 3 is 2.12 bits per heavy atom. The molecular formula is C30H38O18. The third-order valence-corrected chi connectivity index (χ3v) is 9.34. The molecule has 4 heterocycles. The van der Waals surface area contributed by atoms with Gasteiger partial charge in [-0.1, -0.05) is 6.07 Å². The van der Waals surface area contributed by atoms with Crippen LogP contribution in [-0.2, 0) is 33.2 Å². The van der Waals surface area contributed by atoms with Crippen LogP contribution in [0.5, 0.6) is 11.5 Å². The van der Waals surface area contributed by atoms with Crippen molar-refractivity contribution in [3.05, 3.63) is 42.2 Å². The van der Waals surface area contributed by atoms with E-state index in [2.05, 4.69) is 0 Å². The van der Waals surface area contributed by atoms with Crippen molar-refractivity contribution in [2.45, 2.75) is 85.5 Å². The van der Waals surface area contributed by atoms with Gasteiger partial charge in [0.15, 0.2) is 17.8 Å². The number of carbonyl (C=O) groups excluding carboxylic acids is 1. The maximum atomic E-state index is 12.9. The minimum Gasteiger partial charge on any atom is -0.504 e. The molecule has 0 radical (unpaired) electrons. The number of phenols is 1. The molecule has 266 valence electrons. The minimum absolute atomic E-state index is 0.158. The average molecular weight is 687 g/mol. The lowest BCUT2D eigenvalue weighted by atomic mass is 9.85. The molecule has 1 aromatic carbocycles. The van der Waals surface area contributed by atoms with E-state index in [0.717, 1.165) is 6.08 Å². The first-order valence-corrected chi connectivity index (χ1v) is 15.2. The quantitative estimate of drug-likeness (QED) is 0.0631. The molecule has 0 aromatic heterocycles. The monoisotopic (exact) mass is 686 g/mol. The van der Waals surface area contributed by atoms with Gasteiger partial charge in [-0.15, -0.1) is 0 Å². The molecule has 6 rings (SSSR count). The summed E-state index contributed by atoms with van der Waals surface area (Å²) in [5.74, 6) is -2.72. The normalized spacial score (nSPS) is 44.9. The first-order chi connectivity index (χ1) is 22.9. The summed E-state index contributed by atoms with van der Waals surface area (Å²) >= 11 is 0. The zero-order valence-corrected chi connectivity index (χ0v) is 25.1. The molecular weight excluding hydrogens is 648 g/mol. The molecule has 3 saturated heterocycles. The van der Waals surface area contributed by atoms with E-state index in [1.165, 1.54) is 30.5 Å². The van der Waals surface area contributed by atoms with Gasteiger partial charge >= 0.3 is 5.97 Å². The fourth-order valence-electron chi connectivity index (χ4n) is 6.65. The molecule has 16 atom stereocenters. The largest absolute Gasteiger partial charge is 0.504 e. The SMILES string of the molecule is O=C(C=Cc1ccc(O[C@@H]2O[C@H](CO)[C@@H](O)[C@H](O)[C@H]2O)c(O)c1)O[C@H]1[C@@H]2C=CO[C@@H](O[C@@H]3O[C@H](CO)[C@@H](O)[C@H](O)[C@H]3O)[C@@H]2[C@@]2(CO)O[C@@H]12. The lowest BCUT2D eigenvalue weighted by molar-refractivity contribution is -0.344. The number of epoxide rings is 1. The van der Waals surface area contributed by atoms with Gasteiger partial charge in [-0.05, 0) is 29.8 Å². The second-order valence-electron chi connectivity index (χ2n) is 12.2. The predicted molar refractivity (Wildman–Crippen MR) is 152 cm³/mol. The van der Waals surface area contributed by atoms with Crippen molar-refractivity contribution in [3.63, 3.8) is 0 Å². The fraction of sp³-hybridized carbons (Fsp3) is 0.633. The molecule has 18 nitrogen and oxygen atoms in total. The number of hydrogen-bond acceptors (Lipinski definition) is 18. The van der Waals surface area contributed by atoms with E-state index in [1.807, 2.05) is 0 Å². The Hall–Kier alpha value is -2.95. The van der Waals surface area contributed by atoms with Crippen molar-refractivity contribution in [3.8, 4) is 11.5 Å². The van der Waals surface area contributed by atoms with E-state index in [0.29, 0.717) is 5.56 Å². The zero-order chi connectivity index (χ0) is 34.5. The van der Waals surface area contributed by atoms with Gasteiger partial charge in [0.2, 0.25) is 12.6 Å². The van der Waals surface area contributed by atoms with E-state index < -0.39 is 129 Å². The minimum atomic E-state index is -1.70. The molecule has 1 aliphatic carbocycles. The van der Waals surface area contributed by atoms with Crippen LogP contribution in [0.3, 0.4) is 0 Å². The topological polar surface area (TPSA) is 287 Å². The van der Waals surface area contributed by atoms with Crippen molar-refractivity contribution in [1.29, 1.82) is 0 Å². The summed E-state index contributed by atoms with van der Waals surface area (Å²) in [6, 6.07) is 3.99. The Morgan fingerprint density at radius 2 is 1.50 bits per heavy atom. The number of aliphatic hydroxyl groups is 9. The Balaban J connectivity index is 1.09. The fourth-order valence-corrected chi connectivity index (χ4v) is 6.65. The number of fused-ring (bicyclic) bond motifs is 3. The van der Waals surface area contributed by atoms with E-state index in [-0.39, 0.29) is 5.75 Å². The Labute approximate surface area is 272 Å². The van der Waals surface area contributed by atoms with Crippen molar-refractivity contribution >= 4 is 12.0 Å². The molecule has 1 saturated carbocycles.